The van der Waals surface area contributed by atoms with Gasteiger partial charge in [0.15, 0.2) is 5.78 Å². The van der Waals surface area contributed by atoms with Crippen LogP contribution in [0.4, 0.5) is 5.69 Å². The molecule has 4 heteroatoms. The zero-order valence-electron chi connectivity index (χ0n) is 10.8. The number of carbonyl (C=O) groups is 1. The first-order valence-corrected chi connectivity index (χ1v) is 6.43. The van der Waals surface area contributed by atoms with Gasteiger partial charge in [0.05, 0.1) is 19.3 Å². The Kier molecular flexibility index (Phi) is 4.33. The van der Waals surface area contributed by atoms with Gasteiger partial charge in [-0.05, 0) is 17.7 Å². The normalized spacial score (nSPS) is 17.6. The van der Waals surface area contributed by atoms with Crippen molar-refractivity contribution in [2.75, 3.05) is 31.2 Å². The predicted molar refractivity (Wildman–Crippen MR) is 71.7 cm³/mol. The van der Waals surface area contributed by atoms with Crippen LogP contribution in [0.1, 0.15) is 24.9 Å². The lowest BCUT2D eigenvalue weighted by Crippen LogP contribution is -2.36. The highest BCUT2D eigenvalue weighted by Gasteiger charge is 2.15. The van der Waals surface area contributed by atoms with Crippen molar-refractivity contribution in [3.05, 3.63) is 29.8 Å². The van der Waals surface area contributed by atoms with Crippen molar-refractivity contribution >= 4 is 11.5 Å². The van der Waals surface area contributed by atoms with Gasteiger partial charge in [-0.3, -0.25) is 4.79 Å². The lowest BCUT2D eigenvalue weighted by molar-refractivity contribution is -0.120. The van der Waals surface area contributed by atoms with Gasteiger partial charge in [-0.2, -0.15) is 0 Å². The number of benzene rings is 1. The van der Waals surface area contributed by atoms with Gasteiger partial charge < -0.3 is 15.4 Å². The third-order valence-corrected chi connectivity index (χ3v) is 3.32. The molecule has 1 saturated heterocycles. The van der Waals surface area contributed by atoms with Gasteiger partial charge in [-0.1, -0.05) is 19.1 Å². The molecule has 0 saturated carbocycles. The van der Waals surface area contributed by atoms with E-state index in [1.807, 2.05) is 31.2 Å². The number of hydrogen-bond acceptors (Lipinski definition) is 4. The second-order valence-corrected chi connectivity index (χ2v) is 4.49. The highest BCUT2D eigenvalue weighted by Crippen LogP contribution is 2.20. The lowest BCUT2D eigenvalue weighted by atomic mass is 10.0. The molecule has 18 heavy (non-hydrogen) atoms. The molecule has 4 nitrogen and oxygen atoms in total. The van der Waals surface area contributed by atoms with Crippen LogP contribution in [-0.4, -0.2) is 32.1 Å². The quantitative estimate of drug-likeness (QED) is 0.877. The van der Waals surface area contributed by atoms with Crippen LogP contribution in [0.3, 0.4) is 0 Å². The van der Waals surface area contributed by atoms with E-state index in [-0.39, 0.29) is 5.78 Å². The molecule has 1 aromatic carbocycles. The predicted octanol–water partition coefficient (Wildman–Crippen LogP) is 1.50. The largest absolute Gasteiger partial charge is 0.378 e. The molecule has 0 aromatic heterocycles. The first-order chi connectivity index (χ1) is 8.72. The zero-order valence-corrected chi connectivity index (χ0v) is 10.8. The third kappa shape index (κ3) is 2.89. The minimum Gasteiger partial charge on any atom is -0.378 e. The maximum absolute atomic E-state index is 11.5. The summed E-state index contributed by atoms with van der Waals surface area (Å²) < 4.78 is 5.32. The fraction of sp³-hybridized carbons (Fsp3) is 0.500. The number of nitrogens with zero attached hydrogens (tertiary/aromatic N) is 1. The Bertz CT molecular complexity index is 397. The van der Waals surface area contributed by atoms with Crippen molar-refractivity contribution in [3.63, 3.8) is 0 Å². The molecule has 1 aliphatic heterocycles. The maximum atomic E-state index is 11.5. The molecule has 1 fully saturated rings. The summed E-state index contributed by atoms with van der Waals surface area (Å²) in [5.74, 6) is 0.0779. The summed E-state index contributed by atoms with van der Waals surface area (Å²) in [6.07, 6.45) is 0.479. The van der Waals surface area contributed by atoms with Crippen LogP contribution < -0.4 is 10.6 Å². The molecule has 0 amide bonds. The summed E-state index contributed by atoms with van der Waals surface area (Å²) >= 11 is 0. The van der Waals surface area contributed by atoms with Crippen molar-refractivity contribution < 1.29 is 9.53 Å². The van der Waals surface area contributed by atoms with Crippen LogP contribution in [0.5, 0.6) is 0 Å². The van der Waals surface area contributed by atoms with Crippen LogP contribution in [-0.2, 0) is 9.53 Å². The lowest BCUT2D eigenvalue weighted by Gasteiger charge is -2.29. The summed E-state index contributed by atoms with van der Waals surface area (Å²) in [4.78, 5) is 13.8. The number of anilines is 1. The zero-order chi connectivity index (χ0) is 13.0. The van der Waals surface area contributed by atoms with E-state index in [9.17, 15) is 4.79 Å². The number of hydrogen-bond donors (Lipinski definition) is 1. The summed E-state index contributed by atoms with van der Waals surface area (Å²) in [6, 6.07) is 7.47. The molecule has 1 atom stereocenters. The molecule has 1 aliphatic rings. The van der Waals surface area contributed by atoms with Crippen molar-refractivity contribution in [1.29, 1.82) is 0 Å². The first kappa shape index (κ1) is 13.1. The summed E-state index contributed by atoms with van der Waals surface area (Å²) in [5.41, 5.74) is 7.95. The summed E-state index contributed by atoms with van der Waals surface area (Å²) in [5, 5.41) is 0. The molecule has 1 heterocycles. The molecule has 1 unspecified atom stereocenters. The Labute approximate surface area is 108 Å². The van der Waals surface area contributed by atoms with Crippen LogP contribution >= 0.6 is 0 Å². The van der Waals surface area contributed by atoms with Crippen LogP contribution in [0, 0.1) is 0 Å². The van der Waals surface area contributed by atoms with E-state index in [0.29, 0.717) is 6.42 Å². The highest BCUT2D eigenvalue weighted by molar-refractivity contribution is 5.84. The average molecular weight is 248 g/mol. The number of carbonyl (C=O) groups excluding carboxylic acids is 1. The van der Waals surface area contributed by atoms with E-state index in [4.69, 9.17) is 10.5 Å². The number of Topliss-reactive ketones (excluding diaryl/α,β-unsaturated/α-hetero) is 1. The third-order valence-electron chi connectivity index (χ3n) is 3.32. The molecule has 1 aromatic rings. The van der Waals surface area contributed by atoms with Gasteiger partial charge in [-0.25, -0.2) is 0 Å². The van der Waals surface area contributed by atoms with Crippen molar-refractivity contribution in [2.24, 2.45) is 5.73 Å². The number of nitrogens with two attached hydrogens (primary N) is 1. The van der Waals surface area contributed by atoms with E-state index in [1.54, 1.807) is 0 Å². The summed E-state index contributed by atoms with van der Waals surface area (Å²) in [7, 11) is 0. The molecule has 0 radical (unpaired) electrons. The van der Waals surface area contributed by atoms with Gasteiger partial charge in [0.2, 0.25) is 0 Å². The molecular weight excluding hydrogens is 228 g/mol. The summed E-state index contributed by atoms with van der Waals surface area (Å²) in [6.45, 7) is 5.22. The van der Waals surface area contributed by atoms with E-state index >= 15 is 0 Å². The minimum atomic E-state index is -0.492. The van der Waals surface area contributed by atoms with Crippen LogP contribution in [0.15, 0.2) is 24.3 Å². The van der Waals surface area contributed by atoms with Gasteiger partial charge >= 0.3 is 0 Å². The van der Waals surface area contributed by atoms with Crippen LogP contribution in [0.2, 0.25) is 0 Å². The Hall–Kier alpha value is -1.39. The van der Waals surface area contributed by atoms with E-state index in [2.05, 4.69) is 4.90 Å². The van der Waals surface area contributed by atoms with Gasteiger partial charge in [0, 0.05) is 25.2 Å². The van der Waals surface area contributed by atoms with Gasteiger partial charge in [0.1, 0.15) is 0 Å². The molecular formula is C14H20N2O2. The monoisotopic (exact) mass is 248 g/mol. The number of ether oxygens (including phenoxy) is 1. The van der Waals surface area contributed by atoms with Crippen molar-refractivity contribution in [2.45, 2.75) is 19.4 Å². The maximum Gasteiger partial charge on any atom is 0.153 e. The van der Waals surface area contributed by atoms with Crippen molar-refractivity contribution in [3.8, 4) is 0 Å². The fourth-order valence-corrected chi connectivity index (χ4v) is 2.12. The molecule has 98 valence electrons. The molecule has 0 spiro atoms. The number of ketones is 1. The van der Waals surface area contributed by atoms with E-state index < -0.39 is 6.04 Å². The second-order valence-electron chi connectivity index (χ2n) is 4.49. The highest BCUT2D eigenvalue weighted by atomic mass is 16.5. The Morgan fingerprint density at radius 3 is 2.50 bits per heavy atom. The molecule has 2 N–H and O–H groups in total. The number of morpholine rings is 1. The molecule has 2 rings (SSSR count). The Morgan fingerprint density at radius 2 is 1.94 bits per heavy atom. The smallest absolute Gasteiger partial charge is 0.153 e. The SMILES string of the molecule is CCC(=O)C(N)c1ccc(N2CCOCC2)cc1. The van der Waals surface area contributed by atoms with Gasteiger partial charge in [0.25, 0.3) is 0 Å². The second kappa shape index (κ2) is 5.98. The Balaban J connectivity index is 2.07. The average Bonchev–Trinajstić information content (AvgIpc) is 2.47. The van der Waals surface area contributed by atoms with Crippen molar-refractivity contribution in [1.82, 2.24) is 0 Å². The fourth-order valence-electron chi connectivity index (χ4n) is 2.12. The van der Waals surface area contributed by atoms with Crippen LogP contribution in [0.25, 0.3) is 0 Å². The Morgan fingerprint density at radius 1 is 1.33 bits per heavy atom. The van der Waals surface area contributed by atoms with E-state index in [0.717, 1.165) is 37.6 Å². The molecule has 0 bridgehead atoms. The molecule has 0 aliphatic carbocycles. The van der Waals surface area contributed by atoms with Gasteiger partial charge in [-0.15, -0.1) is 0 Å². The topological polar surface area (TPSA) is 55.6 Å². The standard InChI is InChI=1S/C14H20N2O2/c1-2-13(17)14(15)11-3-5-12(6-4-11)16-7-9-18-10-8-16/h3-6,14H,2,7-10,15H2,1H3. The van der Waals surface area contributed by atoms with E-state index in [1.165, 1.54) is 0 Å². The minimum absolute atomic E-state index is 0.0779. The first-order valence-electron chi connectivity index (χ1n) is 6.43. The number of rotatable bonds is 4.